The highest BCUT2D eigenvalue weighted by Gasteiger charge is 2.12. The lowest BCUT2D eigenvalue weighted by Gasteiger charge is -2.13. The summed E-state index contributed by atoms with van der Waals surface area (Å²) < 4.78 is 7.72. The van der Waals surface area contributed by atoms with Crippen LogP contribution in [0.2, 0.25) is 0 Å². The van der Waals surface area contributed by atoms with Crippen LogP contribution in [0.3, 0.4) is 0 Å². The molecule has 2 aromatic carbocycles. The largest absolute Gasteiger partial charge is 0.383 e. The van der Waals surface area contributed by atoms with Crippen molar-refractivity contribution in [3.8, 4) is 0 Å². The molecular formula is C18H17BrN2O2S. The van der Waals surface area contributed by atoms with E-state index in [1.807, 2.05) is 36.4 Å². The average molecular weight is 405 g/mol. The molecule has 24 heavy (non-hydrogen) atoms. The highest BCUT2D eigenvalue weighted by atomic mass is 79.9. The van der Waals surface area contributed by atoms with Crippen molar-refractivity contribution in [3.05, 3.63) is 68.9 Å². The molecule has 1 heterocycles. The third-order valence-electron chi connectivity index (χ3n) is 3.61. The molecule has 0 saturated heterocycles. The van der Waals surface area contributed by atoms with Gasteiger partial charge in [0.15, 0.2) is 5.16 Å². The van der Waals surface area contributed by atoms with Crippen molar-refractivity contribution in [2.75, 3.05) is 13.7 Å². The maximum absolute atomic E-state index is 12.9. The molecule has 3 aromatic rings. The van der Waals surface area contributed by atoms with Gasteiger partial charge in [-0.3, -0.25) is 9.36 Å². The van der Waals surface area contributed by atoms with Gasteiger partial charge in [-0.2, -0.15) is 0 Å². The first-order valence-corrected chi connectivity index (χ1v) is 9.32. The second kappa shape index (κ2) is 7.96. The fraction of sp³-hybridized carbons (Fsp3) is 0.222. The van der Waals surface area contributed by atoms with Crippen LogP contribution in [0.5, 0.6) is 0 Å². The third-order valence-corrected chi connectivity index (χ3v) is 5.15. The van der Waals surface area contributed by atoms with Crippen molar-refractivity contribution >= 4 is 38.6 Å². The predicted molar refractivity (Wildman–Crippen MR) is 102 cm³/mol. The second-order valence-corrected chi connectivity index (χ2v) is 7.14. The number of fused-ring (bicyclic) bond motifs is 1. The smallest absolute Gasteiger partial charge is 0.262 e. The van der Waals surface area contributed by atoms with E-state index < -0.39 is 0 Å². The third kappa shape index (κ3) is 3.88. The van der Waals surface area contributed by atoms with Crippen molar-refractivity contribution < 1.29 is 4.74 Å². The molecule has 0 N–H and O–H groups in total. The zero-order chi connectivity index (χ0) is 16.9. The van der Waals surface area contributed by atoms with Crippen LogP contribution in [-0.2, 0) is 17.0 Å². The summed E-state index contributed by atoms with van der Waals surface area (Å²) in [6.07, 6.45) is 0. The maximum Gasteiger partial charge on any atom is 0.262 e. The number of hydrogen-bond donors (Lipinski definition) is 0. The van der Waals surface area contributed by atoms with Crippen LogP contribution in [0.15, 0.2) is 63.0 Å². The molecule has 0 bridgehead atoms. The number of ether oxygens (including phenoxy) is 1. The van der Waals surface area contributed by atoms with E-state index in [0.717, 1.165) is 15.4 Å². The molecule has 0 spiro atoms. The van der Waals surface area contributed by atoms with Crippen LogP contribution in [0.1, 0.15) is 5.56 Å². The van der Waals surface area contributed by atoms with Gasteiger partial charge in [-0.1, -0.05) is 58.0 Å². The Morgan fingerprint density at radius 1 is 1.21 bits per heavy atom. The maximum atomic E-state index is 12.9. The van der Waals surface area contributed by atoms with Gasteiger partial charge < -0.3 is 4.74 Å². The fourth-order valence-corrected chi connectivity index (χ4v) is 3.73. The summed E-state index contributed by atoms with van der Waals surface area (Å²) in [5.41, 5.74) is 1.88. The van der Waals surface area contributed by atoms with Gasteiger partial charge >= 0.3 is 0 Å². The predicted octanol–water partition coefficient (Wildman–Crippen LogP) is 4.10. The zero-order valence-electron chi connectivity index (χ0n) is 13.2. The number of hydrogen-bond acceptors (Lipinski definition) is 4. The monoisotopic (exact) mass is 404 g/mol. The summed E-state index contributed by atoms with van der Waals surface area (Å²) >= 11 is 4.99. The van der Waals surface area contributed by atoms with Crippen LogP contribution in [0.4, 0.5) is 0 Å². The summed E-state index contributed by atoms with van der Waals surface area (Å²) in [5, 5.41) is 1.33. The number of aromatic nitrogens is 2. The van der Waals surface area contributed by atoms with Crippen LogP contribution in [-0.4, -0.2) is 23.3 Å². The Bertz CT molecular complexity index is 897. The second-order valence-electron chi connectivity index (χ2n) is 5.28. The summed E-state index contributed by atoms with van der Waals surface area (Å²) in [6, 6.07) is 15.8. The van der Waals surface area contributed by atoms with Crippen molar-refractivity contribution in [1.82, 2.24) is 9.55 Å². The van der Waals surface area contributed by atoms with Gasteiger partial charge in [-0.25, -0.2) is 4.98 Å². The lowest BCUT2D eigenvalue weighted by molar-refractivity contribution is 0.183. The Labute approximate surface area is 153 Å². The lowest BCUT2D eigenvalue weighted by Crippen LogP contribution is -2.25. The molecule has 0 fully saturated rings. The summed E-state index contributed by atoms with van der Waals surface area (Å²) in [7, 11) is 1.63. The van der Waals surface area contributed by atoms with Crippen LogP contribution >= 0.6 is 27.7 Å². The molecule has 0 radical (unpaired) electrons. The molecule has 4 nitrogen and oxygen atoms in total. The topological polar surface area (TPSA) is 44.1 Å². The van der Waals surface area contributed by atoms with E-state index in [9.17, 15) is 4.79 Å². The number of benzene rings is 2. The minimum absolute atomic E-state index is 0.0334. The molecule has 0 aliphatic heterocycles. The summed E-state index contributed by atoms with van der Waals surface area (Å²) in [4.78, 5) is 17.5. The standard InChI is InChI=1S/C18H17BrN2O2S/c1-23-10-9-21-17(22)15-11-14(19)7-8-16(15)20-18(21)24-12-13-5-3-2-4-6-13/h2-8,11H,9-10,12H2,1H3. The molecule has 0 atom stereocenters. The van der Waals surface area contributed by atoms with Gasteiger partial charge in [0.1, 0.15) is 0 Å². The Morgan fingerprint density at radius 2 is 2.00 bits per heavy atom. The minimum atomic E-state index is -0.0334. The van der Waals surface area contributed by atoms with Gasteiger partial charge in [0, 0.05) is 17.3 Å². The molecule has 3 rings (SSSR count). The number of nitrogens with zero attached hydrogens (tertiary/aromatic N) is 2. The normalized spacial score (nSPS) is 11.1. The van der Waals surface area contributed by atoms with Crippen molar-refractivity contribution in [3.63, 3.8) is 0 Å². The molecule has 0 saturated carbocycles. The number of methoxy groups -OCH3 is 1. The lowest BCUT2D eigenvalue weighted by atomic mass is 10.2. The Hall–Kier alpha value is -1.63. The van der Waals surface area contributed by atoms with Crippen LogP contribution < -0.4 is 5.56 Å². The van der Waals surface area contributed by atoms with Crippen molar-refractivity contribution in [2.45, 2.75) is 17.5 Å². The van der Waals surface area contributed by atoms with E-state index in [4.69, 9.17) is 9.72 Å². The zero-order valence-corrected chi connectivity index (χ0v) is 15.6. The molecule has 6 heteroatoms. The highest BCUT2D eigenvalue weighted by molar-refractivity contribution is 9.10. The van der Waals surface area contributed by atoms with E-state index >= 15 is 0 Å². The van der Waals surface area contributed by atoms with E-state index in [1.165, 1.54) is 5.56 Å². The molecule has 0 unspecified atom stereocenters. The average Bonchev–Trinajstić information content (AvgIpc) is 2.61. The first-order valence-electron chi connectivity index (χ1n) is 7.55. The molecule has 0 amide bonds. The fourth-order valence-electron chi connectivity index (χ4n) is 2.38. The van der Waals surface area contributed by atoms with E-state index in [2.05, 4.69) is 28.1 Å². The SMILES string of the molecule is COCCn1c(SCc2ccccc2)nc2ccc(Br)cc2c1=O. The molecular weight excluding hydrogens is 388 g/mol. The van der Waals surface area contributed by atoms with Crippen LogP contribution in [0.25, 0.3) is 10.9 Å². The number of rotatable bonds is 6. The molecule has 1 aromatic heterocycles. The highest BCUT2D eigenvalue weighted by Crippen LogP contribution is 2.23. The molecule has 124 valence electrons. The number of halogens is 1. The Morgan fingerprint density at radius 3 is 2.75 bits per heavy atom. The Balaban J connectivity index is 2.00. The molecule has 0 aliphatic carbocycles. The molecule has 0 aliphatic rings. The quantitative estimate of drug-likeness (QED) is 0.458. The van der Waals surface area contributed by atoms with Crippen LogP contribution in [0, 0.1) is 0 Å². The van der Waals surface area contributed by atoms with E-state index in [1.54, 1.807) is 23.4 Å². The van der Waals surface area contributed by atoms with Gasteiger partial charge in [0.2, 0.25) is 0 Å². The Kier molecular flexibility index (Phi) is 5.71. The van der Waals surface area contributed by atoms with E-state index in [0.29, 0.717) is 24.1 Å². The number of thioether (sulfide) groups is 1. The first-order chi connectivity index (χ1) is 11.7. The summed E-state index contributed by atoms with van der Waals surface area (Å²) in [6.45, 7) is 0.960. The van der Waals surface area contributed by atoms with Gasteiger partial charge in [-0.15, -0.1) is 0 Å². The summed E-state index contributed by atoms with van der Waals surface area (Å²) in [5.74, 6) is 0.766. The first kappa shape index (κ1) is 17.2. The van der Waals surface area contributed by atoms with Crippen molar-refractivity contribution in [1.29, 1.82) is 0 Å². The van der Waals surface area contributed by atoms with Crippen molar-refractivity contribution in [2.24, 2.45) is 0 Å². The van der Waals surface area contributed by atoms with Gasteiger partial charge in [0.05, 0.1) is 24.1 Å². The van der Waals surface area contributed by atoms with Gasteiger partial charge in [-0.05, 0) is 23.8 Å². The van der Waals surface area contributed by atoms with E-state index in [-0.39, 0.29) is 5.56 Å². The minimum Gasteiger partial charge on any atom is -0.383 e. The van der Waals surface area contributed by atoms with Gasteiger partial charge in [0.25, 0.3) is 5.56 Å².